The zero-order valence-corrected chi connectivity index (χ0v) is 13.2. The number of carbonyl (C=O) groups excluding carboxylic acids is 2. The number of carbonyl (C=O) groups is 2. The normalized spacial score (nSPS) is 16.5. The molecule has 2 rings (SSSR count). The molecule has 1 fully saturated rings. The number of hydrogen-bond donors (Lipinski definition) is 2. The summed E-state index contributed by atoms with van der Waals surface area (Å²) in [5.74, 6) is -0.156. The van der Waals surface area contributed by atoms with Crippen molar-refractivity contribution in [3.8, 4) is 0 Å². The van der Waals surface area contributed by atoms with Gasteiger partial charge in [-0.2, -0.15) is 0 Å². The number of nitrogens with one attached hydrogen (secondary N) is 1. The van der Waals surface area contributed by atoms with Gasteiger partial charge < -0.3 is 10.4 Å². The summed E-state index contributed by atoms with van der Waals surface area (Å²) < 4.78 is 0. The monoisotopic (exact) mass is 303 g/mol. The third-order valence-corrected chi connectivity index (χ3v) is 4.53. The summed E-state index contributed by atoms with van der Waals surface area (Å²) in [6.45, 7) is 2.05. The maximum absolute atomic E-state index is 12.1. The molecule has 0 aromatic heterocycles. The number of aryl methyl sites for hydroxylation is 1. The maximum Gasteiger partial charge on any atom is 0.220 e. The highest BCUT2D eigenvalue weighted by Crippen LogP contribution is 2.29. The molecular weight excluding hydrogens is 278 g/mol. The van der Waals surface area contributed by atoms with Crippen LogP contribution in [0.25, 0.3) is 0 Å². The third-order valence-electron chi connectivity index (χ3n) is 4.53. The molecule has 1 aliphatic carbocycles. The van der Waals surface area contributed by atoms with Gasteiger partial charge in [0.2, 0.25) is 5.91 Å². The van der Waals surface area contributed by atoms with Gasteiger partial charge >= 0.3 is 0 Å². The summed E-state index contributed by atoms with van der Waals surface area (Å²) in [6, 6.07) is 7.55. The van der Waals surface area contributed by atoms with E-state index in [9.17, 15) is 14.7 Å². The van der Waals surface area contributed by atoms with E-state index in [0.29, 0.717) is 5.56 Å². The summed E-state index contributed by atoms with van der Waals surface area (Å²) in [4.78, 5) is 24.1. The average molecular weight is 303 g/mol. The van der Waals surface area contributed by atoms with Crippen molar-refractivity contribution >= 4 is 11.7 Å². The first-order chi connectivity index (χ1) is 10.6. The smallest absolute Gasteiger partial charge is 0.220 e. The van der Waals surface area contributed by atoms with E-state index < -0.39 is 5.54 Å². The second-order valence-electron chi connectivity index (χ2n) is 6.17. The zero-order chi connectivity index (χ0) is 16.0. The van der Waals surface area contributed by atoms with Gasteiger partial charge in [-0.3, -0.25) is 9.59 Å². The van der Waals surface area contributed by atoms with Crippen molar-refractivity contribution in [3.63, 3.8) is 0 Å². The molecule has 2 N–H and O–H groups in total. The van der Waals surface area contributed by atoms with Crippen LogP contribution in [-0.4, -0.2) is 28.9 Å². The van der Waals surface area contributed by atoms with Gasteiger partial charge in [0.05, 0.1) is 12.1 Å². The molecule has 0 saturated heterocycles. The lowest BCUT2D eigenvalue weighted by molar-refractivity contribution is -0.123. The summed E-state index contributed by atoms with van der Waals surface area (Å²) in [7, 11) is 0. The van der Waals surface area contributed by atoms with E-state index in [1.807, 2.05) is 24.3 Å². The van der Waals surface area contributed by atoms with Crippen molar-refractivity contribution in [1.82, 2.24) is 5.32 Å². The predicted octanol–water partition coefficient (Wildman–Crippen LogP) is 2.63. The first-order valence-corrected chi connectivity index (χ1v) is 8.12. The summed E-state index contributed by atoms with van der Waals surface area (Å²) in [5, 5.41) is 12.4. The van der Waals surface area contributed by atoms with Crippen molar-refractivity contribution in [1.29, 1.82) is 0 Å². The molecule has 0 atom stereocenters. The first kappa shape index (κ1) is 16.7. The van der Waals surface area contributed by atoms with Gasteiger partial charge in [0.25, 0.3) is 0 Å². The van der Waals surface area contributed by atoms with E-state index in [-0.39, 0.29) is 31.1 Å². The van der Waals surface area contributed by atoms with Crippen LogP contribution in [-0.2, 0) is 11.2 Å². The molecular formula is C18H25NO3. The molecule has 1 saturated carbocycles. The van der Waals surface area contributed by atoms with Crippen LogP contribution in [0.4, 0.5) is 0 Å². The van der Waals surface area contributed by atoms with Gasteiger partial charge in [-0.1, -0.05) is 44.0 Å². The van der Waals surface area contributed by atoms with E-state index in [1.54, 1.807) is 0 Å². The minimum Gasteiger partial charge on any atom is -0.394 e. The molecule has 1 amide bonds. The largest absolute Gasteiger partial charge is 0.394 e. The van der Waals surface area contributed by atoms with Crippen LogP contribution >= 0.6 is 0 Å². The number of benzene rings is 1. The lowest BCUT2D eigenvalue weighted by atomic mass is 9.98. The van der Waals surface area contributed by atoms with Crippen LogP contribution in [0.2, 0.25) is 0 Å². The lowest BCUT2D eigenvalue weighted by Gasteiger charge is -2.27. The summed E-state index contributed by atoms with van der Waals surface area (Å²) in [5.41, 5.74) is 1.39. The zero-order valence-electron chi connectivity index (χ0n) is 13.2. The summed E-state index contributed by atoms with van der Waals surface area (Å²) >= 11 is 0. The quantitative estimate of drug-likeness (QED) is 0.761. The molecule has 0 heterocycles. The fourth-order valence-corrected chi connectivity index (χ4v) is 3.03. The molecule has 0 radical (unpaired) electrons. The van der Waals surface area contributed by atoms with Crippen molar-refractivity contribution < 1.29 is 14.7 Å². The van der Waals surface area contributed by atoms with Crippen LogP contribution in [0.5, 0.6) is 0 Å². The summed E-state index contributed by atoms with van der Waals surface area (Å²) in [6.07, 6.45) is 5.03. The van der Waals surface area contributed by atoms with Gasteiger partial charge in [-0.05, 0) is 24.8 Å². The molecule has 1 aromatic rings. The minimum absolute atomic E-state index is 0.0118. The van der Waals surface area contributed by atoms with Crippen molar-refractivity contribution in [2.75, 3.05) is 6.61 Å². The van der Waals surface area contributed by atoms with Gasteiger partial charge in [0, 0.05) is 18.4 Å². The molecule has 22 heavy (non-hydrogen) atoms. The highest BCUT2D eigenvalue weighted by atomic mass is 16.3. The van der Waals surface area contributed by atoms with Gasteiger partial charge in [0.15, 0.2) is 5.78 Å². The SMILES string of the molecule is CCc1ccc(C(=O)CCC(=O)NC2(CO)CCCC2)cc1. The molecule has 0 aliphatic heterocycles. The Kier molecular flexibility index (Phi) is 5.72. The van der Waals surface area contributed by atoms with Crippen LogP contribution in [0.1, 0.15) is 61.4 Å². The fraction of sp³-hybridized carbons (Fsp3) is 0.556. The molecule has 120 valence electrons. The van der Waals surface area contributed by atoms with Crippen LogP contribution < -0.4 is 5.32 Å². The molecule has 4 heteroatoms. The Morgan fingerprint density at radius 2 is 1.77 bits per heavy atom. The minimum atomic E-state index is -0.455. The molecule has 4 nitrogen and oxygen atoms in total. The van der Waals surface area contributed by atoms with Crippen LogP contribution in [0.15, 0.2) is 24.3 Å². The number of hydrogen-bond acceptors (Lipinski definition) is 3. The number of rotatable bonds is 7. The van der Waals surface area contributed by atoms with E-state index in [2.05, 4.69) is 12.2 Å². The number of aliphatic hydroxyl groups is 1. The van der Waals surface area contributed by atoms with Crippen LogP contribution in [0.3, 0.4) is 0 Å². The molecule has 0 bridgehead atoms. The Labute approximate surface area is 131 Å². The Balaban J connectivity index is 1.83. The number of Topliss-reactive ketones (excluding diaryl/α,β-unsaturated/α-hetero) is 1. The van der Waals surface area contributed by atoms with E-state index in [1.165, 1.54) is 5.56 Å². The molecule has 0 unspecified atom stereocenters. The predicted molar refractivity (Wildman–Crippen MR) is 85.8 cm³/mol. The Hall–Kier alpha value is -1.68. The first-order valence-electron chi connectivity index (χ1n) is 8.12. The van der Waals surface area contributed by atoms with Gasteiger partial charge in [-0.15, -0.1) is 0 Å². The van der Waals surface area contributed by atoms with Crippen molar-refractivity contribution in [3.05, 3.63) is 35.4 Å². The molecule has 1 aromatic carbocycles. The van der Waals surface area contributed by atoms with Crippen molar-refractivity contribution in [2.45, 2.75) is 57.4 Å². The van der Waals surface area contributed by atoms with E-state index >= 15 is 0 Å². The third kappa shape index (κ3) is 4.17. The Morgan fingerprint density at radius 3 is 2.32 bits per heavy atom. The molecule has 0 spiro atoms. The number of ketones is 1. The van der Waals surface area contributed by atoms with Gasteiger partial charge in [-0.25, -0.2) is 0 Å². The van der Waals surface area contributed by atoms with E-state index in [4.69, 9.17) is 0 Å². The highest BCUT2D eigenvalue weighted by molar-refractivity contribution is 5.98. The Morgan fingerprint density at radius 1 is 1.14 bits per heavy atom. The highest BCUT2D eigenvalue weighted by Gasteiger charge is 2.34. The second kappa shape index (κ2) is 7.54. The fourth-order valence-electron chi connectivity index (χ4n) is 3.03. The second-order valence-corrected chi connectivity index (χ2v) is 6.17. The topological polar surface area (TPSA) is 66.4 Å². The average Bonchev–Trinajstić information content (AvgIpc) is 3.01. The number of amides is 1. The van der Waals surface area contributed by atoms with Crippen LogP contribution in [0, 0.1) is 0 Å². The van der Waals surface area contributed by atoms with E-state index in [0.717, 1.165) is 32.1 Å². The van der Waals surface area contributed by atoms with Crippen molar-refractivity contribution in [2.24, 2.45) is 0 Å². The maximum atomic E-state index is 12.1. The lowest BCUT2D eigenvalue weighted by Crippen LogP contribution is -2.49. The number of aliphatic hydroxyl groups excluding tert-OH is 1. The Bertz CT molecular complexity index is 516. The van der Waals surface area contributed by atoms with Gasteiger partial charge in [0.1, 0.15) is 0 Å². The standard InChI is InChI=1S/C18H25NO3/c1-2-14-5-7-15(8-6-14)16(21)9-10-17(22)19-18(13-20)11-3-4-12-18/h5-8,20H,2-4,9-13H2,1H3,(H,19,22). The molecule has 1 aliphatic rings.